The molecule has 0 saturated heterocycles. The molecule has 0 aliphatic carbocycles. The first-order chi connectivity index (χ1) is 12.5. The Morgan fingerprint density at radius 2 is 1.46 bits per heavy atom. The van der Waals surface area contributed by atoms with Crippen molar-refractivity contribution in [2.45, 2.75) is 0 Å². The van der Waals surface area contributed by atoms with E-state index >= 15 is 0 Å². The fourth-order valence-corrected chi connectivity index (χ4v) is 2.72. The number of carboxylic acids is 1. The predicted octanol–water partition coefficient (Wildman–Crippen LogP) is 4.22. The Labute approximate surface area is 154 Å². The molecule has 0 aromatic heterocycles. The molecule has 3 aromatic rings. The first kappa shape index (κ1) is 17.8. The van der Waals surface area contributed by atoms with E-state index in [0.717, 1.165) is 16.5 Å². The van der Waals surface area contributed by atoms with Crippen molar-refractivity contribution in [2.75, 3.05) is 13.2 Å². The molecule has 3 aromatic carbocycles. The quantitative estimate of drug-likeness (QED) is 0.383. The van der Waals surface area contributed by atoms with E-state index < -0.39 is 11.8 Å². The molecule has 26 heavy (non-hydrogen) atoms. The topological polar surface area (TPSA) is 72.8 Å². The van der Waals surface area contributed by atoms with Crippen molar-refractivity contribution in [2.24, 2.45) is 0 Å². The van der Waals surface area contributed by atoms with Gasteiger partial charge in [0.25, 0.3) is 5.78 Å². The molecule has 0 spiro atoms. The third-order valence-corrected chi connectivity index (χ3v) is 4.03. The standard InChI is InChI=1S/C20H15ClO5/c21-18-12-16(7-8-17(18)19(22)20(23)24)26-10-9-25-15-6-5-13-3-1-2-4-14(13)11-15/h1-8,11-12H,9-10H2,(H,23,24). The summed E-state index contributed by atoms with van der Waals surface area (Å²) in [4.78, 5) is 22.2. The summed E-state index contributed by atoms with van der Waals surface area (Å²) in [5.41, 5.74) is -0.0704. The fourth-order valence-electron chi connectivity index (χ4n) is 2.46. The Kier molecular flexibility index (Phi) is 5.39. The van der Waals surface area contributed by atoms with E-state index in [1.165, 1.54) is 18.2 Å². The zero-order valence-corrected chi connectivity index (χ0v) is 14.4. The lowest BCUT2D eigenvalue weighted by molar-refractivity contribution is -0.131. The second-order valence-corrected chi connectivity index (χ2v) is 5.89. The zero-order valence-electron chi connectivity index (χ0n) is 13.6. The van der Waals surface area contributed by atoms with Gasteiger partial charge in [-0.25, -0.2) is 4.79 Å². The maximum absolute atomic E-state index is 11.4. The number of carboxylic acid groups (broad SMARTS) is 1. The van der Waals surface area contributed by atoms with E-state index in [1.807, 2.05) is 42.5 Å². The highest BCUT2D eigenvalue weighted by Gasteiger charge is 2.18. The molecule has 3 rings (SSSR count). The number of aliphatic carboxylic acids is 1. The summed E-state index contributed by atoms with van der Waals surface area (Å²) in [6, 6.07) is 18.1. The van der Waals surface area contributed by atoms with Crippen LogP contribution in [0.2, 0.25) is 5.02 Å². The fraction of sp³-hybridized carbons (Fsp3) is 0.100. The minimum absolute atomic E-state index is 0.0327. The van der Waals surface area contributed by atoms with Gasteiger partial charge in [0.2, 0.25) is 0 Å². The molecule has 0 aliphatic heterocycles. The van der Waals surface area contributed by atoms with Crippen LogP contribution in [0.3, 0.4) is 0 Å². The molecule has 6 heteroatoms. The van der Waals surface area contributed by atoms with Gasteiger partial charge < -0.3 is 14.6 Å². The van der Waals surface area contributed by atoms with Crippen LogP contribution in [-0.4, -0.2) is 30.1 Å². The largest absolute Gasteiger partial charge is 0.490 e. The van der Waals surface area contributed by atoms with E-state index in [1.54, 1.807) is 0 Å². The number of benzene rings is 3. The number of hydrogen-bond acceptors (Lipinski definition) is 4. The highest BCUT2D eigenvalue weighted by Crippen LogP contribution is 2.23. The zero-order chi connectivity index (χ0) is 18.5. The Hall–Kier alpha value is -3.05. The molecular formula is C20H15ClO5. The Morgan fingerprint density at radius 3 is 2.12 bits per heavy atom. The Morgan fingerprint density at radius 1 is 0.846 bits per heavy atom. The number of ketones is 1. The van der Waals surface area contributed by atoms with Gasteiger partial charge in [-0.1, -0.05) is 41.9 Å². The van der Waals surface area contributed by atoms with Gasteiger partial charge in [-0.05, 0) is 41.1 Å². The van der Waals surface area contributed by atoms with Crippen LogP contribution in [0.1, 0.15) is 10.4 Å². The molecule has 5 nitrogen and oxygen atoms in total. The maximum Gasteiger partial charge on any atom is 0.377 e. The van der Waals surface area contributed by atoms with E-state index in [0.29, 0.717) is 12.4 Å². The maximum atomic E-state index is 11.4. The molecule has 0 atom stereocenters. The number of rotatable bonds is 7. The van der Waals surface area contributed by atoms with Crippen LogP contribution in [0.4, 0.5) is 0 Å². The summed E-state index contributed by atoms with van der Waals surface area (Å²) >= 11 is 5.94. The highest BCUT2D eigenvalue weighted by molar-refractivity contribution is 6.45. The predicted molar refractivity (Wildman–Crippen MR) is 98.4 cm³/mol. The van der Waals surface area contributed by atoms with Crippen LogP contribution in [-0.2, 0) is 4.79 Å². The Bertz CT molecular complexity index is 967. The lowest BCUT2D eigenvalue weighted by Gasteiger charge is -2.10. The summed E-state index contributed by atoms with van der Waals surface area (Å²) in [5, 5.41) is 11.0. The number of ether oxygens (including phenoxy) is 2. The average Bonchev–Trinajstić information content (AvgIpc) is 2.64. The monoisotopic (exact) mass is 370 g/mol. The number of carbonyl (C=O) groups is 2. The molecule has 0 saturated carbocycles. The summed E-state index contributed by atoms with van der Waals surface area (Å²) in [6.07, 6.45) is 0. The van der Waals surface area contributed by atoms with Gasteiger partial charge in [-0.3, -0.25) is 4.79 Å². The smallest absolute Gasteiger partial charge is 0.377 e. The van der Waals surface area contributed by atoms with Gasteiger partial charge >= 0.3 is 5.97 Å². The minimum Gasteiger partial charge on any atom is -0.490 e. The molecule has 0 fully saturated rings. The highest BCUT2D eigenvalue weighted by atomic mass is 35.5. The minimum atomic E-state index is -1.55. The normalized spacial score (nSPS) is 10.5. The molecule has 132 valence electrons. The molecule has 0 aliphatic rings. The number of Topliss-reactive ketones (excluding diaryl/α,β-unsaturated/α-hetero) is 1. The van der Waals surface area contributed by atoms with Gasteiger partial charge in [-0.2, -0.15) is 0 Å². The van der Waals surface area contributed by atoms with Gasteiger partial charge in [0.15, 0.2) is 0 Å². The summed E-state index contributed by atoms with van der Waals surface area (Å²) < 4.78 is 11.2. The molecule has 0 heterocycles. The van der Waals surface area contributed by atoms with Crippen LogP contribution < -0.4 is 9.47 Å². The average molecular weight is 371 g/mol. The van der Waals surface area contributed by atoms with E-state index in [2.05, 4.69) is 0 Å². The van der Waals surface area contributed by atoms with Crippen LogP contribution >= 0.6 is 11.6 Å². The van der Waals surface area contributed by atoms with Crippen molar-refractivity contribution < 1.29 is 24.2 Å². The number of hydrogen-bond donors (Lipinski definition) is 1. The van der Waals surface area contributed by atoms with Crippen LogP contribution in [0.25, 0.3) is 10.8 Å². The third kappa shape index (κ3) is 4.13. The van der Waals surface area contributed by atoms with E-state index in [9.17, 15) is 9.59 Å². The van der Waals surface area contributed by atoms with Crippen LogP contribution in [0.5, 0.6) is 11.5 Å². The summed E-state index contributed by atoms with van der Waals surface area (Å²) in [6.45, 7) is 0.598. The molecule has 0 bridgehead atoms. The van der Waals surface area contributed by atoms with Crippen molar-refractivity contribution in [3.63, 3.8) is 0 Å². The van der Waals surface area contributed by atoms with E-state index in [4.69, 9.17) is 26.2 Å². The van der Waals surface area contributed by atoms with E-state index in [-0.39, 0.29) is 17.2 Å². The number of halogens is 1. The second-order valence-electron chi connectivity index (χ2n) is 5.48. The first-order valence-electron chi connectivity index (χ1n) is 7.86. The number of fused-ring (bicyclic) bond motifs is 1. The number of carbonyl (C=O) groups excluding carboxylic acids is 1. The molecule has 0 amide bonds. The second kappa shape index (κ2) is 7.89. The van der Waals surface area contributed by atoms with Crippen molar-refractivity contribution in [3.8, 4) is 11.5 Å². The molecule has 1 N–H and O–H groups in total. The van der Waals surface area contributed by atoms with Crippen molar-refractivity contribution >= 4 is 34.1 Å². The van der Waals surface area contributed by atoms with Crippen molar-refractivity contribution in [1.29, 1.82) is 0 Å². The lowest BCUT2D eigenvalue weighted by Crippen LogP contribution is -2.13. The molecule has 0 radical (unpaired) electrons. The van der Waals surface area contributed by atoms with Gasteiger partial charge in [0.05, 0.1) is 5.02 Å². The van der Waals surface area contributed by atoms with Crippen molar-refractivity contribution in [1.82, 2.24) is 0 Å². The van der Waals surface area contributed by atoms with Crippen molar-refractivity contribution in [3.05, 3.63) is 71.2 Å². The van der Waals surface area contributed by atoms with Crippen LogP contribution in [0, 0.1) is 0 Å². The first-order valence-corrected chi connectivity index (χ1v) is 8.24. The SMILES string of the molecule is O=C(O)C(=O)c1ccc(OCCOc2ccc3ccccc3c2)cc1Cl. The molecular weight excluding hydrogens is 356 g/mol. The van der Waals surface area contributed by atoms with Gasteiger partial charge in [0.1, 0.15) is 24.7 Å². The molecule has 0 unspecified atom stereocenters. The van der Waals surface area contributed by atoms with Crippen LogP contribution in [0.15, 0.2) is 60.7 Å². The lowest BCUT2D eigenvalue weighted by atomic mass is 10.1. The summed E-state index contributed by atoms with van der Waals surface area (Å²) in [5.74, 6) is -1.43. The van der Waals surface area contributed by atoms with Gasteiger partial charge in [-0.15, -0.1) is 0 Å². The van der Waals surface area contributed by atoms with Gasteiger partial charge in [0, 0.05) is 5.56 Å². The Balaban J connectivity index is 1.55. The summed E-state index contributed by atoms with van der Waals surface area (Å²) in [7, 11) is 0. The third-order valence-electron chi connectivity index (χ3n) is 3.72.